The molecule has 0 atom stereocenters. The van der Waals surface area contributed by atoms with Crippen molar-refractivity contribution in [2.24, 2.45) is 0 Å². The summed E-state index contributed by atoms with van der Waals surface area (Å²) in [7, 11) is 0. The zero-order valence-electron chi connectivity index (χ0n) is 11.9. The normalized spacial score (nSPS) is 11.2. The first-order chi connectivity index (χ1) is 11.2. The van der Waals surface area contributed by atoms with E-state index >= 15 is 0 Å². The third-order valence-electron chi connectivity index (χ3n) is 3.56. The van der Waals surface area contributed by atoms with Crippen LogP contribution in [0.15, 0.2) is 68.4 Å². The predicted molar refractivity (Wildman–Crippen MR) is 88.0 cm³/mol. The molecule has 4 aromatic rings. The average Bonchev–Trinajstić information content (AvgIpc) is 3.00. The van der Waals surface area contributed by atoms with E-state index in [4.69, 9.17) is 25.2 Å². The molecule has 0 unspecified atom stereocenters. The Kier molecular flexibility index (Phi) is 3.32. The smallest absolute Gasteiger partial charge is 0.336 e. The summed E-state index contributed by atoms with van der Waals surface area (Å²) in [6, 6.07) is 14.2. The summed E-state index contributed by atoms with van der Waals surface area (Å²) in [5, 5.41) is 2.30. The molecule has 0 saturated carbocycles. The molecule has 0 bridgehead atoms. The highest BCUT2D eigenvalue weighted by Crippen LogP contribution is 2.35. The van der Waals surface area contributed by atoms with Gasteiger partial charge < -0.3 is 13.6 Å². The maximum Gasteiger partial charge on any atom is 0.336 e. The summed E-state index contributed by atoms with van der Waals surface area (Å²) in [5.74, 6) is 0.417. The minimum absolute atomic E-state index is 0.286. The van der Waals surface area contributed by atoms with Gasteiger partial charge in [-0.3, -0.25) is 0 Å². The van der Waals surface area contributed by atoms with Crippen molar-refractivity contribution in [3.8, 4) is 5.75 Å². The van der Waals surface area contributed by atoms with Crippen molar-refractivity contribution < 1.29 is 13.6 Å². The van der Waals surface area contributed by atoms with Gasteiger partial charge in [0.1, 0.15) is 6.61 Å². The summed E-state index contributed by atoms with van der Waals surface area (Å²) < 4.78 is 16.7. The van der Waals surface area contributed by atoms with Gasteiger partial charge in [-0.15, -0.1) is 0 Å². The zero-order chi connectivity index (χ0) is 15.8. The Morgan fingerprint density at radius 3 is 2.74 bits per heavy atom. The molecule has 0 aliphatic carbocycles. The van der Waals surface area contributed by atoms with Gasteiger partial charge in [-0.25, -0.2) is 4.79 Å². The third-order valence-corrected chi connectivity index (χ3v) is 3.79. The fourth-order valence-corrected chi connectivity index (χ4v) is 2.73. The van der Waals surface area contributed by atoms with Crippen molar-refractivity contribution in [1.29, 1.82) is 0 Å². The largest absolute Gasteiger partial charge is 0.481 e. The molecule has 2 heterocycles. The standard InChI is InChI=1S/C18H11ClO4/c19-14-3-1-2-11(8-14)10-22-18-16-13(6-7-21-16)9-12-4-5-15(20)23-17(12)18/h1-9H,10H2. The number of ether oxygens (including phenoxy) is 1. The van der Waals surface area contributed by atoms with E-state index in [0.29, 0.717) is 21.9 Å². The van der Waals surface area contributed by atoms with Crippen LogP contribution in [0.2, 0.25) is 5.02 Å². The molecule has 0 aliphatic heterocycles. The highest BCUT2D eigenvalue weighted by Gasteiger charge is 2.14. The van der Waals surface area contributed by atoms with E-state index in [1.54, 1.807) is 18.4 Å². The molecule has 23 heavy (non-hydrogen) atoms. The number of halogens is 1. The molecule has 5 heteroatoms. The van der Waals surface area contributed by atoms with Crippen LogP contribution in [-0.2, 0) is 6.61 Å². The Morgan fingerprint density at radius 2 is 1.87 bits per heavy atom. The van der Waals surface area contributed by atoms with Gasteiger partial charge in [-0.2, -0.15) is 0 Å². The van der Waals surface area contributed by atoms with Gasteiger partial charge in [-0.05, 0) is 35.9 Å². The number of fused-ring (bicyclic) bond motifs is 2. The fourth-order valence-electron chi connectivity index (χ4n) is 2.52. The van der Waals surface area contributed by atoms with Crippen LogP contribution in [0.5, 0.6) is 5.75 Å². The fraction of sp³-hybridized carbons (Fsp3) is 0.0556. The molecule has 4 rings (SSSR count). The van der Waals surface area contributed by atoms with Crippen LogP contribution in [0.3, 0.4) is 0 Å². The van der Waals surface area contributed by atoms with Crippen molar-refractivity contribution >= 4 is 33.5 Å². The lowest BCUT2D eigenvalue weighted by atomic mass is 10.1. The van der Waals surface area contributed by atoms with Gasteiger partial charge in [0.15, 0.2) is 11.2 Å². The molecule has 0 fully saturated rings. The predicted octanol–water partition coefficient (Wildman–Crippen LogP) is 4.77. The summed E-state index contributed by atoms with van der Waals surface area (Å²) in [6.45, 7) is 0.286. The van der Waals surface area contributed by atoms with E-state index in [9.17, 15) is 4.79 Å². The Hall–Kier alpha value is -2.72. The first-order valence-electron chi connectivity index (χ1n) is 7.02. The SMILES string of the molecule is O=c1ccc2cc3ccoc3c(OCc3cccc(Cl)c3)c2o1. The summed E-state index contributed by atoms with van der Waals surface area (Å²) in [5.41, 5.74) is 1.40. The minimum atomic E-state index is -0.434. The Labute approximate surface area is 135 Å². The van der Waals surface area contributed by atoms with Gasteiger partial charge in [0.2, 0.25) is 5.75 Å². The maximum atomic E-state index is 11.6. The summed E-state index contributed by atoms with van der Waals surface area (Å²) in [4.78, 5) is 11.6. The van der Waals surface area contributed by atoms with Crippen molar-refractivity contribution in [3.63, 3.8) is 0 Å². The second-order valence-electron chi connectivity index (χ2n) is 5.14. The first-order valence-corrected chi connectivity index (χ1v) is 7.40. The number of hydrogen-bond donors (Lipinski definition) is 0. The van der Waals surface area contributed by atoms with Crippen molar-refractivity contribution in [1.82, 2.24) is 0 Å². The molecule has 114 valence electrons. The lowest BCUT2D eigenvalue weighted by Gasteiger charge is -2.09. The molecule has 0 spiro atoms. The van der Waals surface area contributed by atoms with E-state index in [-0.39, 0.29) is 6.61 Å². The molecule has 2 aromatic heterocycles. The third kappa shape index (κ3) is 2.58. The molecule has 0 saturated heterocycles. The van der Waals surface area contributed by atoms with Gasteiger partial charge in [0.05, 0.1) is 6.26 Å². The second-order valence-corrected chi connectivity index (χ2v) is 5.57. The van der Waals surface area contributed by atoms with Crippen LogP contribution >= 0.6 is 11.6 Å². The zero-order valence-corrected chi connectivity index (χ0v) is 12.7. The highest BCUT2D eigenvalue weighted by atomic mass is 35.5. The van der Waals surface area contributed by atoms with Crippen molar-refractivity contribution in [3.05, 3.63) is 75.8 Å². The van der Waals surface area contributed by atoms with E-state index in [1.807, 2.05) is 30.3 Å². The van der Waals surface area contributed by atoms with E-state index < -0.39 is 5.63 Å². The van der Waals surface area contributed by atoms with Gasteiger partial charge in [0.25, 0.3) is 0 Å². The van der Waals surface area contributed by atoms with E-state index in [0.717, 1.165) is 16.3 Å². The van der Waals surface area contributed by atoms with Gasteiger partial charge in [-0.1, -0.05) is 23.7 Å². The lowest BCUT2D eigenvalue weighted by molar-refractivity contribution is 0.303. The van der Waals surface area contributed by atoms with Crippen LogP contribution < -0.4 is 10.4 Å². The number of benzene rings is 2. The molecule has 0 amide bonds. The van der Waals surface area contributed by atoms with Crippen LogP contribution in [0.25, 0.3) is 21.9 Å². The molecule has 0 aliphatic rings. The van der Waals surface area contributed by atoms with Crippen LogP contribution in [-0.4, -0.2) is 0 Å². The number of hydrogen-bond acceptors (Lipinski definition) is 4. The lowest BCUT2D eigenvalue weighted by Crippen LogP contribution is -1.99. The molecule has 2 aromatic carbocycles. The number of rotatable bonds is 3. The number of furan rings is 1. The van der Waals surface area contributed by atoms with Crippen LogP contribution in [0.4, 0.5) is 0 Å². The second kappa shape index (κ2) is 5.48. The van der Waals surface area contributed by atoms with E-state index in [2.05, 4.69) is 0 Å². The summed E-state index contributed by atoms with van der Waals surface area (Å²) in [6.07, 6.45) is 1.58. The Balaban J connectivity index is 1.84. The topological polar surface area (TPSA) is 52.6 Å². The summed E-state index contributed by atoms with van der Waals surface area (Å²) >= 11 is 5.99. The first kappa shape index (κ1) is 13.9. The monoisotopic (exact) mass is 326 g/mol. The van der Waals surface area contributed by atoms with Gasteiger partial charge >= 0.3 is 5.63 Å². The molecular formula is C18H11ClO4. The quantitative estimate of drug-likeness (QED) is 0.509. The molecule has 0 radical (unpaired) electrons. The van der Waals surface area contributed by atoms with Crippen LogP contribution in [0.1, 0.15) is 5.56 Å². The van der Waals surface area contributed by atoms with Crippen LogP contribution in [0, 0.1) is 0 Å². The van der Waals surface area contributed by atoms with Gasteiger partial charge in [0, 0.05) is 21.9 Å². The minimum Gasteiger partial charge on any atom is -0.481 e. The van der Waals surface area contributed by atoms with Crippen molar-refractivity contribution in [2.75, 3.05) is 0 Å². The maximum absolute atomic E-state index is 11.6. The molecular weight excluding hydrogens is 316 g/mol. The molecule has 0 N–H and O–H groups in total. The Bertz CT molecular complexity index is 1060. The molecule has 4 nitrogen and oxygen atoms in total. The average molecular weight is 327 g/mol. The van der Waals surface area contributed by atoms with E-state index in [1.165, 1.54) is 6.07 Å². The van der Waals surface area contributed by atoms with Crippen molar-refractivity contribution in [2.45, 2.75) is 6.61 Å². The highest BCUT2D eigenvalue weighted by molar-refractivity contribution is 6.30. The Morgan fingerprint density at radius 1 is 1.00 bits per heavy atom.